The maximum atomic E-state index is 10.9. The fraction of sp³-hybridized carbons (Fsp3) is 0.235. The average molecular weight is 314 g/mol. The number of rotatable bonds is 2. The minimum absolute atomic E-state index is 0.231. The highest BCUT2D eigenvalue weighted by Gasteiger charge is 1.97. The molecule has 2 aromatic rings. The van der Waals surface area contributed by atoms with E-state index in [1.54, 1.807) is 62.8 Å². The Balaban J connectivity index is 0.000000414. The number of urea groups is 1. The van der Waals surface area contributed by atoms with Gasteiger partial charge >= 0.3 is 6.03 Å². The number of amides is 2. The first-order valence-corrected chi connectivity index (χ1v) is 7.13. The lowest BCUT2D eigenvalue weighted by Crippen LogP contribution is -2.24. The van der Waals surface area contributed by atoms with Crippen molar-refractivity contribution >= 4 is 11.7 Å². The van der Waals surface area contributed by atoms with Crippen molar-refractivity contribution in [2.24, 2.45) is 0 Å². The molecule has 0 saturated carbocycles. The van der Waals surface area contributed by atoms with Crippen molar-refractivity contribution in [3.63, 3.8) is 0 Å². The Kier molecular flexibility index (Phi) is 11.0. The van der Waals surface area contributed by atoms with E-state index in [1.807, 2.05) is 19.9 Å². The molecule has 0 unspecified atom stereocenters. The van der Waals surface area contributed by atoms with E-state index in [0.717, 1.165) is 11.4 Å². The molecule has 1 aromatic heterocycles. The molecule has 0 aliphatic heterocycles. The van der Waals surface area contributed by atoms with Gasteiger partial charge in [0, 0.05) is 18.9 Å². The summed E-state index contributed by atoms with van der Waals surface area (Å²) in [5.41, 5.74) is 1.20. The highest BCUT2D eigenvalue weighted by molar-refractivity contribution is 5.88. The third-order valence-electron chi connectivity index (χ3n) is 2.35. The SMILES string of the molecule is CC.CNC(=O)Nc1ccc(OC)cc1.N#Cc1ccccn1. The summed E-state index contributed by atoms with van der Waals surface area (Å²) in [6.45, 7) is 4.00. The van der Waals surface area contributed by atoms with Crippen LogP contribution in [0.3, 0.4) is 0 Å². The van der Waals surface area contributed by atoms with Gasteiger partial charge in [0.2, 0.25) is 0 Å². The quantitative estimate of drug-likeness (QED) is 0.889. The maximum absolute atomic E-state index is 10.9. The summed E-state index contributed by atoms with van der Waals surface area (Å²) in [4.78, 5) is 14.6. The van der Waals surface area contributed by atoms with Crippen molar-refractivity contribution in [3.05, 3.63) is 54.4 Å². The number of carbonyl (C=O) groups is 1. The number of methoxy groups -OCH3 is 1. The number of anilines is 1. The fourth-order valence-electron chi connectivity index (χ4n) is 1.30. The Hall–Kier alpha value is -3.07. The van der Waals surface area contributed by atoms with E-state index in [9.17, 15) is 4.79 Å². The van der Waals surface area contributed by atoms with E-state index in [2.05, 4.69) is 15.6 Å². The molecular formula is C17H22N4O2. The first kappa shape index (κ1) is 19.9. The molecule has 0 bridgehead atoms. The minimum Gasteiger partial charge on any atom is -0.497 e. The predicted molar refractivity (Wildman–Crippen MR) is 91.4 cm³/mol. The van der Waals surface area contributed by atoms with Crippen LogP contribution >= 0.6 is 0 Å². The lowest BCUT2D eigenvalue weighted by atomic mass is 10.3. The second-order valence-electron chi connectivity index (χ2n) is 3.76. The molecule has 6 nitrogen and oxygen atoms in total. The predicted octanol–water partition coefficient (Wildman–Crippen LogP) is 3.43. The van der Waals surface area contributed by atoms with E-state index in [1.165, 1.54) is 0 Å². The van der Waals surface area contributed by atoms with E-state index in [4.69, 9.17) is 10.00 Å². The zero-order chi connectivity index (χ0) is 17.5. The number of hydrogen-bond acceptors (Lipinski definition) is 4. The van der Waals surface area contributed by atoms with Crippen molar-refractivity contribution in [1.82, 2.24) is 10.3 Å². The molecule has 0 saturated heterocycles. The van der Waals surface area contributed by atoms with E-state index >= 15 is 0 Å². The average Bonchev–Trinajstić information content (AvgIpc) is 2.65. The van der Waals surface area contributed by atoms with Gasteiger partial charge in [0.25, 0.3) is 0 Å². The molecule has 2 amide bonds. The lowest BCUT2D eigenvalue weighted by Gasteiger charge is -2.04. The third-order valence-corrected chi connectivity index (χ3v) is 2.35. The van der Waals surface area contributed by atoms with Crippen LogP contribution in [0.15, 0.2) is 48.7 Å². The molecule has 2 rings (SSSR count). The molecule has 2 N–H and O–H groups in total. The number of aromatic nitrogens is 1. The van der Waals surface area contributed by atoms with Gasteiger partial charge in [-0.15, -0.1) is 0 Å². The van der Waals surface area contributed by atoms with Gasteiger partial charge < -0.3 is 15.4 Å². The zero-order valence-electron chi connectivity index (χ0n) is 13.8. The van der Waals surface area contributed by atoms with Crippen LogP contribution in [0.4, 0.5) is 10.5 Å². The normalized spacial score (nSPS) is 8.13. The number of carbonyl (C=O) groups excluding carboxylic acids is 1. The number of pyridine rings is 1. The van der Waals surface area contributed by atoms with Gasteiger partial charge in [-0.3, -0.25) is 0 Å². The van der Waals surface area contributed by atoms with Crippen molar-refractivity contribution in [3.8, 4) is 11.8 Å². The van der Waals surface area contributed by atoms with Crippen LogP contribution in [-0.2, 0) is 0 Å². The summed E-state index contributed by atoms with van der Waals surface area (Å²) < 4.78 is 4.97. The summed E-state index contributed by atoms with van der Waals surface area (Å²) in [7, 11) is 3.17. The van der Waals surface area contributed by atoms with E-state index in [-0.39, 0.29) is 6.03 Å². The van der Waals surface area contributed by atoms with Crippen LogP contribution in [0.25, 0.3) is 0 Å². The van der Waals surface area contributed by atoms with Crippen LogP contribution in [0.1, 0.15) is 19.5 Å². The van der Waals surface area contributed by atoms with Crippen molar-refractivity contribution in [2.45, 2.75) is 13.8 Å². The molecule has 0 spiro atoms. The molecule has 1 aromatic carbocycles. The summed E-state index contributed by atoms with van der Waals surface area (Å²) in [5.74, 6) is 0.766. The molecule has 0 aliphatic rings. The Labute approximate surface area is 137 Å². The monoisotopic (exact) mass is 314 g/mol. The molecule has 0 fully saturated rings. The Bertz CT molecular complexity index is 592. The van der Waals surface area contributed by atoms with Gasteiger partial charge in [0.05, 0.1) is 7.11 Å². The van der Waals surface area contributed by atoms with Gasteiger partial charge in [-0.25, -0.2) is 9.78 Å². The highest BCUT2D eigenvalue weighted by Crippen LogP contribution is 2.14. The molecule has 23 heavy (non-hydrogen) atoms. The number of ether oxygens (including phenoxy) is 1. The maximum Gasteiger partial charge on any atom is 0.318 e. The molecule has 0 radical (unpaired) electrons. The topological polar surface area (TPSA) is 87.0 Å². The van der Waals surface area contributed by atoms with Crippen LogP contribution in [0, 0.1) is 11.3 Å². The molecular weight excluding hydrogens is 292 g/mol. The Morgan fingerprint density at radius 1 is 1.17 bits per heavy atom. The highest BCUT2D eigenvalue weighted by atomic mass is 16.5. The van der Waals surface area contributed by atoms with Gasteiger partial charge in [-0.05, 0) is 36.4 Å². The Morgan fingerprint density at radius 2 is 1.83 bits per heavy atom. The van der Waals surface area contributed by atoms with Crippen molar-refractivity contribution < 1.29 is 9.53 Å². The summed E-state index contributed by atoms with van der Waals surface area (Å²) in [5, 5.41) is 13.3. The van der Waals surface area contributed by atoms with Crippen LogP contribution < -0.4 is 15.4 Å². The first-order chi connectivity index (χ1) is 11.2. The van der Waals surface area contributed by atoms with Gasteiger partial charge in [0.15, 0.2) is 0 Å². The van der Waals surface area contributed by atoms with Gasteiger partial charge in [-0.1, -0.05) is 19.9 Å². The van der Waals surface area contributed by atoms with E-state index in [0.29, 0.717) is 5.69 Å². The zero-order valence-corrected chi connectivity index (χ0v) is 13.8. The number of nitriles is 1. The summed E-state index contributed by atoms with van der Waals surface area (Å²) in [6.07, 6.45) is 1.60. The van der Waals surface area contributed by atoms with Crippen LogP contribution in [0.5, 0.6) is 5.75 Å². The molecule has 1 heterocycles. The largest absolute Gasteiger partial charge is 0.497 e. The second-order valence-corrected chi connectivity index (χ2v) is 3.76. The number of nitrogens with one attached hydrogen (secondary N) is 2. The number of hydrogen-bond donors (Lipinski definition) is 2. The molecule has 0 aliphatic carbocycles. The summed E-state index contributed by atoms with van der Waals surface area (Å²) >= 11 is 0. The molecule has 0 atom stereocenters. The molecule has 6 heteroatoms. The van der Waals surface area contributed by atoms with Crippen LogP contribution in [-0.4, -0.2) is 25.2 Å². The van der Waals surface area contributed by atoms with Crippen LogP contribution in [0.2, 0.25) is 0 Å². The van der Waals surface area contributed by atoms with Crippen molar-refractivity contribution in [2.75, 3.05) is 19.5 Å². The summed E-state index contributed by atoms with van der Waals surface area (Å²) in [6, 6.07) is 14.0. The second kappa shape index (κ2) is 12.7. The molecule has 122 valence electrons. The lowest BCUT2D eigenvalue weighted by molar-refractivity contribution is 0.254. The smallest absolute Gasteiger partial charge is 0.318 e. The Morgan fingerprint density at radius 3 is 2.22 bits per heavy atom. The minimum atomic E-state index is -0.231. The number of nitrogens with zero attached hydrogens (tertiary/aromatic N) is 2. The first-order valence-electron chi connectivity index (χ1n) is 7.13. The standard InChI is InChI=1S/C9H12N2O2.C6H4N2.C2H6/c1-10-9(12)11-7-3-5-8(13-2)6-4-7;7-5-6-3-1-2-4-8-6;1-2/h3-6H,1-2H3,(H2,10,11,12);1-4H;1-2H3. The van der Waals surface area contributed by atoms with E-state index < -0.39 is 0 Å². The number of benzene rings is 1. The van der Waals surface area contributed by atoms with Gasteiger partial charge in [0.1, 0.15) is 17.5 Å². The third kappa shape index (κ3) is 8.73. The van der Waals surface area contributed by atoms with Gasteiger partial charge in [-0.2, -0.15) is 5.26 Å². The van der Waals surface area contributed by atoms with Crippen molar-refractivity contribution in [1.29, 1.82) is 5.26 Å². The fourth-order valence-corrected chi connectivity index (χ4v) is 1.30.